The van der Waals surface area contributed by atoms with E-state index in [1.165, 1.54) is 19.2 Å². The number of furan rings is 1. The van der Waals surface area contributed by atoms with Gasteiger partial charge in [0.1, 0.15) is 11.6 Å². The molecule has 2 rings (SSSR count). The van der Waals surface area contributed by atoms with Crippen molar-refractivity contribution in [3.63, 3.8) is 0 Å². The third-order valence-electron chi connectivity index (χ3n) is 2.62. The molecule has 0 saturated heterocycles. The maximum absolute atomic E-state index is 13.4. The molecule has 0 radical (unpaired) electrons. The molecule has 0 bridgehead atoms. The molecule has 1 atom stereocenters. The minimum atomic E-state index is -0.652. The smallest absolute Gasteiger partial charge is 0.373 e. The minimum Gasteiger partial charge on any atom is -0.463 e. The summed E-state index contributed by atoms with van der Waals surface area (Å²) in [6.45, 7) is 0. The summed E-state index contributed by atoms with van der Waals surface area (Å²) >= 11 is 3.07. The molecule has 0 amide bonds. The molecular weight excluding hydrogens is 317 g/mol. The number of benzene rings is 1. The lowest BCUT2D eigenvalue weighted by atomic mass is 10.1. The van der Waals surface area contributed by atoms with Gasteiger partial charge in [-0.05, 0) is 45.8 Å². The van der Waals surface area contributed by atoms with Crippen molar-refractivity contribution >= 4 is 21.9 Å². The SMILES string of the molecule is COC(=O)c1ccc(C(N)c2ccc(Br)c(F)c2)o1. The minimum absolute atomic E-state index is 0.0607. The molecule has 0 aliphatic carbocycles. The van der Waals surface area contributed by atoms with Crippen LogP contribution in [0.2, 0.25) is 0 Å². The van der Waals surface area contributed by atoms with E-state index in [4.69, 9.17) is 10.2 Å². The predicted molar refractivity (Wildman–Crippen MR) is 70.2 cm³/mol. The van der Waals surface area contributed by atoms with E-state index in [0.717, 1.165) is 0 Å². The van der Waals surface area contributed by atoms with Crippen LogP contribution in [-0.2, 0) is 4.74 Å². The highest BCUT2D eigenvalue weighted by molar-refractivity contribution is 9.10. The maximum atomic E-state index is 13.4. The molecule has 0 saturated carbocycles. The standard InChI is InChI=1S/C13H11BrFNO3/c1-18-13(17)11-5-4-10(19-11)12(16)7-2-3-8(14)9(15)6-7/h2-6,12H,16H2,1H3. The molecule has 1 unspecified atom stereocenters. The quantitative estimate of drug-likeness (QED) is 0.880. The van der Waals surface area contributed by atoms with Gasteiger partial charge in [-0.1, -0.05) is 6.07 Å². The summed E-state index contributed by atoms with van der Waals surface area (Å²) in [5, 5.41) is 0. The van der Waals surface area contributed by atoms with Crippen LogP contribution in [0, 0.1) is 5.82 Å². The van der Waals surface area contributed by atoms with Crippen molar-refractivity contribution in [1.82, 2.24) is 0 Å². The van der Waals surface area contributed by atoms with Crippen molar-refractivity contribution in [3.8, 4) is 0 Å². The first-order valence-electron chi connectivity index (χ1n) is 5.41. The largest absolute Gasteiger partial charge is 0.463 e. The fraction of sp³-hybridized carbons (Fsp3) is 0.154. The van der Waals surface area contributed by atoms with Crippen molar-refractivity contribution in [1.29, 1.82) is 0 Å². The molecule has 19 heavy (non-hydrogen) atoms. The number of nitrogens with two attached hydrogens (primary N) is 1. The lowest BCUT2D eigenvalue weighted by Gasteiger charge is -2.09. The summed E-state index contributed by atoms with van der Waals surface area (Å²) in [6.07, 6.45) is 0. The monoisotopic (exact) mass is 327 g/mol. The molecular formula is C13H11BrFNO3. The van der Waals surface area contributed by atoms with Gasteiger partial charge in [-0.3, -0.25) is 0 Å². The Balaban J connectivity index is 2.28. The second-order valence-electron chi connectivity index (χ2n) is 3.84. The highest BCUT2D eigenvalue weighted by Crippen LogP contribution is 2.25. The van der Waals surface area contributed by atoms with Crippen LogP contribution in [0.15, 0.2) is 39.2 Å². The normalized spacial score (nSPS) is 12.2. The first kappa shape index (κ1) is 13.8. The zero-order valence-corrected chi connectivity index (χ0v) is 11.6. The molecule has 0 spiro atoms. The van der Waals surface area contributed by atoms with Gasteiger partial charge in [-0.15, -0.1) is 0 Å². The number of carbonyl (C=O) groups is 1. The first-order chi connectivity index (χ1) is 9.02. The van der Waals surface area contributed by atoms with E-state index in [9.17, 15) is 9.18 Å². The Morgan fingerprint density at radius 2 is 2.16 bits per heavy atom. The number of esters is 1. The van der Waals surface area contributed by atoms with Crippen molar-refractivity contribution in [2.24, 2.45) is 5.73 Å². The van der Waals surface area contributed by atoms with Gasteiger partial charge in [0.05, 0.1) is 17.6 Å². The fourth-order valence-electron chi connectivity index (χ4n) is 1.60. The van der Waals surface area contributed by atoms with Crippen LogP contribution in [0.3, 0.4) is 0 Å². The van der Waals surface area contributed by atoms with Crippen molar-refractivity contribution in [3.05, 3.63) is 57.7 Å². The molecule has 100 valence electrons. The van der Waals surface area contributed by atoms with Crippen molar-refractivity contribution < 1.29 is 18.3 Å². The van der Waals surface area contributed by atoms with Crippen LogP contribution >= 0.6 is 15.9 Å². The topological polar surface area (TPSA) is 65.5 Å². The van der Waals surface area contributed by atoms with E-state index < -0.39 is 17.8 Å². The lowest BCUT2D eigenvalue weighted by molar-refractivity contribution is 0.0562. The summed E-state index contributed by atoms with van der Waals surface area (Å²) in [6, 6.07) is 6.94. The van der Waals surface area contributed by atoms with E-state index in [1.54, 1.807) is 18.2 Å². The second kappa shape index (κ2) is 5.54. The van der Waals surface area contributed by atoms with Gasteiger partial charge in [0.15, 0.2) is 0 Å². The predicted octanol–water partition coefficient (Wildman–Crippen LogP) is 3.02. The summed E-state index contributed by atoms with van der Waals surface area (Å²) in [5.41, 5.74) is 6.51. The zero-order chi connectivity index (χ0) is 14.0. The Morgan fingerprint density at radius 1 is 1.42 bits per heavy atom. The van der Waals surface area contributed by atoms with Crippen molar-refractivity contribution in [2.75, 3.05) is 7.11 Å². The van der Waals surface area contributed by atoms with Crippen LogP contribution in [0.1, 0.15) is 27.9 Å². The molecule has 1 aromatic heterocycles. The Hall–Kier alpha value is -1.66. The summed E-state index contributed by atoms with van der Waals surface area (Å²) in [7, 11) is 1.26. The molecule has 0 aliphatic rings. The van der Waals surface area contributed by atoms with Gasteiger partial charge in [-0.25, -0.2) is 9.18 Å². The van der Waals surface area contributed by atoms with E-state index in [0.29, 0.717) is 15.8 Å². The van der Waals surface area contributed by atoms with Gasteiger partial charge in [0, 0.05) is 0 Å². The Kier molecular flexibility index (Phi) is 4.01. The van der Waals surface area contributed by atoms with E-state index in [2.05, 4.69) is 20.7 Å². The second-order valence-corrected chi connectivity index (χ2v) is 4.70. The molecule has 6 heteroatoms. The molecule has 1 heterocycles. The number of methoxy groups -OCH3 is 1. The van der Waals surface area contributed by atoms with Crippen LogP contribution in [0.25, 0.3) is 0 Å². The summed E-state index contributed by atoms with van der Waals surface area (Å²) < 4.78 is 23.6. The Labute approximate surface area is 117 Å². The van der Waals surface area contributed by atoms with E-state index in [-0.39, 0.29) is 5.76 Å². The van der Waals surface area contributed by atoms with Crippen molar-refractivity contribution in [2.45, 2.75) is 6.04 Å². The zero-order valence-electron chi connectivity index (χ0n) is 10.0. The van der Waals surface area contributed by atoms with Crippen LogP contribution in [0.5, 0.6) is 0 Å². The van der Waals surface area contributed by atoms with Gasteiger partial charge < -0.3 is 14.9 Å². The number of carbonyl (C=O) groups excluding carboxylic acids is 1. The molecule has 2 aromatic rings. The fourth-order valence-corrected chi connectivity index (χ4v) is 1.85. The maximum Gasteiger partial charge on any atom is 0.373 e. The van der Waals surface area contributed by atoms with Crippen LogP contribution in [-0.4, -0.2) is 13.1 Å². The Bertz CT molecular complexity index is 612. The Morgan fingerprint density at radius 3 is 2.79 bits per heavy atom. The molecule has 2 N–H and O–H groups in total. The van der Waals surface area contributed by atoms with Gasteiger partial charge in [-0.2, -0.15) is 0 Å². The molecule has 1 aromatic carbocycles. The third-order valence-corrected chi connectivity index (χ3v) is 3.27. The molecule has 0 fully saturated rings. The summed E-state index contributed by atoms with van der Waals surface area (Å²) in [5.74, 6) is -0.569. The average Bonchev–Trinajstić information content (AvgIpc) is 2.89. The summed E-state index contributed by atoms with van der Waals surface area (Å²) in [4.78, 5) is 11.3. The number of rotatable bonds is 3. The first-order valence-corrected chi connectivity index (χ1v) is 6.21. The highest BCUT2D eigenvalue weighted by Gasteiger charge is 2.17. The molecule has 4 nitrogen and oxygen atoms in total. The van der Waals surface area contributed by atoms with Gasteiger partial charge in [0.2, 0.25) is 5.76 Å². The molecule has 0 aliphatic heterocycles. The van der Waals surface area contributed by atoms with E-state index in [1.807, 2.05) is 0 Å². The highest BCUT2D eigenvalue weighted by atomic mass is 79.9. The van der Waals surface area contributed by atoms with Gasteiger partial charge >= 0.3 is 5.97 Å². The van der Waals surface area contributed by atoms with Gasteiger partial charge in [0.25, 0.3) is 0 Å². The van der Waals surface area contributed by atoms with Crippen LogP contribution < -0.4 is 5.73 Å². The number of hydrogen-bond donors (Lipinski definition) is 1. The number of ether oxygens (including phenoxy) is 1. The average molecular weight is 328 g/mol. The number of halogens is 2. The van der Waals surface area contributed by atoms with E-state index >= 15 is 0 Å². The van der Waals surface area contributed by atoms with Crippen LogP contribution in [0.4, 0.5) is 4.39 Å². The lowest BCUT2D eigenvalue weighted by Crippen LogP contribution is -2.11. The number of hydrogen-bond acceptors (Lipinski definition) is 4. The third kappa shape index (κ3) is 2.85.